The third kappa shape index (κ3) is 63.3. The van der Waals surface area contributed by atoms with Crippen molar-refractivity contribution < 1.29 is 28.6 Å². The van der Waals surface area contributed by atoms with E-state index in [1.165, 1.54) is 186 Å². The Balaban J connectivity index is 4.35. The van der Waals surface area contributed by atoms with Crippen LogP contribution in [0, 0.1) is 0 Å². The van der Waals surface area contributed by atoms with Gasteiger partial charge < -0.3 is 14.2 Å². The third-order valence-corrected chi connectivity index (χ3v) is 14.3. The van der Waals surface area contributed by atoms with E-state index >= 15 is 0 Å². The second-order valence-electron chi connectivity index (χ2n) is 22.0. The first-order valence-corrected chi connectivity index (χ1v) is 33.1. The molecule has 1 unspecified atom stereocenters. The molecule has 6 heteroatoms. The predicted octanol–water partition coefficient (Wildman–Crippen LogP) is 22.7. The molecule has 0 saturated carbocycles. The van der Waals surface area contributed by atoms with Crippen molar-refractivity contribution in [3.05, 3.63) is 85.1 Å². The second kappa shape index (κ2) is 65.1. The van der Waals surface area contributed by atoms with Crippen molar-refractivity contribution in [2.24, 2.45) is 0 Å². The number of allylic oxidation sites excluding steroid dienone is 14. The molecule has 77 heavy (non-hydrogen) atoms. The largest absolute Gasteiger partial charge is 0.462 e. The molecule has 0 heterocycles. The lowest BCUT2D eigenvalue weighted by Crippen LogP contribution is -2.30. The van der Waals surface area contributed by atoms with E-state index in [1.807, 2.05) is 0 Å². The summed E-state index contributed by atoms with van der Waals surface area (Å²) in [5.74, 6) is -0.899. The van der Waals surface area contributed by atoms with Crippen LogP contribution in [0.1, 0.15) is 329 Å². The summed E-state index contributed by atoms with van der Waals surface area (Å²) in [5.41, 5.74) is 0. The first kappa shape index (κ1) is 73.6. The van der Waals surface area contributed by atoms with Gasteiger partial charge in [0.1, 0.15) is 13.2 Å². The molecule has 0 aliphatic carbocycles. The Labute approximate surface area is 477 Å². The number of carbonyl (C=O) groups is 3. The first-order valence-electron chi connectivity index (χ1n) is 33.1. The number of hydrogen-bond acceptors (Lipinski definition) is 6. The van der Waals surface area contributed by atoms with Gasteiger partial charge in [-0.3, -0.25) is 14.4 Å². The van der Waals surface area contributed by atoms with Crippen LogP contribution in [-0.2, 0) is 28.6 Å². The maximum atomic E-state index is 12.9. The van der Waals surface area contributed by atoms with Crippen molar-refractivity contribution in [2.75, 3.05) is 13.2 Å². The third-order valence-electron chi connectivity index (χ3n) is 14.3. The van der Waals surface area contributed by atoms with Crippen LogP contribution in [0.3, 0.4) is 0 Å². The average molecular weight is 1070 g/mol. The highest BCUT2D eigenvalue weighted by Crippen LogP contribution is 2.16. The van der Waals surface area contributed by atoms with Crippen molar-refractivity contribution in [1.82, 2.24) is 0 Å². The highest BCUT2D eigenvalue weighted by molar-refractivity contribution is 5.71. The molecule has 0 fully saturated rings. The van der Waals surface area contributed by atoms with E-state index in [0.29, 0.717) is 19.3 Å². The zero-order valence-corrected chi connectivity index (χ0v) is 51.0. The fourth-order valence-corrected chi connectivity index (χ4v) is 9.33. The molecule has 0 saturated heterocycles. The molecule has 0 N–H and O–H groups in total. The maximum Gasteiger partial charge on any atom is 0.306 e. The molecule has 0 rings (SSSR count). The minimum atomic E-state index is -0.790. The van der Waals surface area contributed by atoms with Gasteiger partial charge in [0.15, 0.2) is 6.10 Å². The molecule has 0 aliphatic heterocycles. The number of hydrogen-bond donors (Lipinski definition) is 0. The Morgan fingerprint density at radius 3 is 0.753 bits per heavy atom. The number of ether oxygens (including phenoxy) is 3. The minimum Gasteiger partial charge on any atom is -0.462 e. The summed E-state index contributed by atoms with van der Waals surface area (Å²) in [6.45, 7) is 6.61. The number of esters is 3. The molecule has 0 aromatic heterocycles. The fourth-order valence-electron chi connectivity index (χ4n) is 9.33. The van der Waals surface area contributed by atoms with Gasteiger partial charge in [-0.05, 0) is 122 Å². The molecule has 0 bridgehead atoms. The lowest BCUT2D eigenvalue weighted by molar-refractivity contribution is -0.167. The Kier molecular flexibility index (Phi) is 62.2. The van der Waals surface area contributed by atoms with Crippen LogP contribution in [0.25, 0.3) is 0 Å². The fraction of sp³-hybridized carbons (Fsp3) is 0.761. The lowest BCUT2D eigenvalue weighted by Gasteiger charge is -2.18. The van der Waals surface area contributed by atoms with Crippen LogP contribution in [-0.4, -0.2) is 37.2 Å². The monoisotopic (exact) mass is 1070 g/mol. The Morgan fingerprint density at radius 2 is 0.468 bits per heavy atom. The Morgan fingerprint density at radius 1 is 0.260 bits per heavy atom. The minimum absolute atomic E-state index is 0.0858. The molecule has 1 atom stereocenters. The molecule has 444 valence electrons. The molecule has 0 aromatic carbocycles. The average Bonchev–Trinajstić information content (AvgIpc) is 3.43. The zero-order chi connectivity index (χ0) is 55.7. The first-order chi connectivity index (χ1) is 38.0. The second-order valence-corrected chi connectivity index (χ2v) is 22.0. The number of carbonyl (C=O) groups excluding carboxylic acids is 3. The Bertz CT molecular complexity index is 1470. The normalized spacial score (nSPS) is 12.6. The molecular formula is C71H124O6. The number of unbranched alkanes of at least 4 members (excludes halogenated alkanes) is 35. The van der Waals surface area contributed by atoms with Crippen LogP contribution in [0.15, 0.2) is 85.1 Å². The van der Waals surface area contributed by atoms with Gasteiger partial charge in [0, 0.05) is 19.3 Å². The predicted molar refractivity (Wildman–Crippen MR) is 334 cm³/mol. The van der Waals surface area contributed by atoms with Gasteiger partial charge >= 0.3 is 17.9 Å². The van der Waals surface area contributed by atoms with Crippen LogP contribution >= 0.6 is 0 Å². The molecule has 0 radical (unpaired) electrons. The van der Waals surface area contributed by atoms with E-state index in [0.717, 1.165) is 103 Å². The van der Waals surface area contributed by atoms with Gasteiger partial charge in [0.05, 0.1) is 0 Å². The molecule has 0 aromatic rings. The Hall–Kier alpha value is -3.41. The van der Waals surface area contributed by atoms with Gasteiger partial charge in [-0.2, -0.15) is 0 Å². The molecule has 0 spiro atoms. The lowest BCUT2D eigenvalue weighted by atomic mass is 10.1. The van der Waals surface area contributed by atoms with E-state index in [-0.39, 0.29) is 31.1 Å². The van der Waals surface area contributed by atoms with E-state index in [9.17, 15) is 14.4 Å². The van der Waals surface area contributed by atoms with E-state index in [1.54, 1.807) is 0 Å². The van der Waals surface area contributed by atoms with Crippen molar-refractivity contribution in [1.29, 1.82) is 0 Å². The van der Waals surface area contributed by atoms with Gasteiger partial charge in [-0.15, -0.1) is 0 Å². The number of rotatable bonds is 60. The highest BCUT2D eigenvalue weighted by Gasteiger charge is 2.19. The summed E-state index contributed by atoms with van der Waals surface area (Å²) < 4.78 is 16.9. The summed E-state index contributed by atoms with van der Waals surface area (Å²) in [7, 11) is 0. The van der Waals surface area contributed by atoms with E-state index in [4.69, 9.17) is 14.2 Å². The zero-order valence-electron chi connectivity index (χ0n) is 51.0. The van der Waals surface area contributed by atoms with Gasteiger partial charge in [0.25, 0.3) is 0 Å². The van der Waals surface area contributed by atoms with Gasteiger partial charge in [0.2, 0.25) is 0 Å². The summed E-state index contributed by atoms with van der Waals surface area (Å²) in [6.07, 6.45) is 85.9. The van der Waals surface area contributed by atoms with Crippen LogP contribution in [0.4, 0.5) is 0 Å². The maximum absolute atomic E-state index is 12.9. The van der Waals surface area contributed by atoms with E-state index < -0.39 is 6.10 Å². The van der Waals surface area contributed by atoms with Crippen LogP contribution < -0.4 is 0 Å². The summed E-state index contributed by atoms with van der Waals surface area (Å²) in [5, 5.41) is 0. The quantitative estimate of drug-likeness (QED) is 0.0261. The summed E-state index contributed by atoms with van der Waals surface area (Å²) in [6, 6.07) is 0. The van der Waals surface area contributed by atoms with Crippen molar-refractivity contribution >= 4 is 17.9 Å². The standard InChI is InChI=1S/C71H124O6/c1-4-7-10-13-16-19-22-25-27-29-31-33-34-35-36-38-39-41-43-46-49-52-55-58-61-64-70(73)76-67-68(66-75-69(72)63-60-57-54-51-48-45-24-21-18-15-12-9-6-3)77-71(74)65-62-59-56-53-50-47-44-42-40-37-32-30-28-26-23-20-17-14-11-8-5-2/h21-26,29-32,34-35,40,42,68H,4-20,27-28,33,36-39,41,43-67H2,1-3H3/b24-21-,25-22-,26-23-,31-29-,32-30-,35-34-,42-40-. The molecular weight excluding hydrogens is 949 g/mol. The summed E-state index contributed by atoms with van der Waals surface area (Å²) >= 11 is 0. The van der Waals surface area contributed by atoms with Crippen LogP contribution in [0.5, 0.6) is 0 Å². The van der Waals surface area contributed by atoms with E-state index in [2.05, 4.69) is 106 Å². The van der Waals surface area contributed by atoms with Gasteiger partial charge in [-0.25, -0.2) is 0 Å². The smallest absolute Gasteiger partial charge is 0.306 e. The molecule has 6 nitrogen and oxygen atoms in total. The van der Waals surface area contributed by atoms with Gasteiger partial charge in [-0.1, -0.05) is 273 Å². The summed E-state index contributed by atoms with van der Waals surface area (Å²) in [4.78, 5) is 38.3. The van der Waals surface area contributed by atoms with Crippen LogP contribution in [0.2, 0.25) is 0 Å². The van der Waals surface area contributed by atoms with Crippen molar-refractivity contribution in [3.8, 4) is 0 Å². The highest BCUT2D eigenvalue weighted by atomic mass is 16.6. The molecule has 0 aliphatic rings. The van der Waals surface area contributed by atoms with Crippen molar-refractivity contribution in [3.63, 3.8) is 0 Å². The molecule has 0 amide bonds. The SMILES string of the molecule is CCCCCC/C=C\CCCCCCCC(=O)OCC(COC(=O)CCCCCCCCCCCC/C=C\C/C=C\C/C=C\CCCCCCC)OC(=O)CCCCCCCC/C=C\C/C=C\C/C=C\CCCCCCC. The van der Waals surface area contributed by atoms with Crippen molar-refractivity contribution in [2.45, 2.75) is 335 Å². The topological polar surface area (TPSA) is 78.9 Å².